The molecule has 0 saturated carbocycles. The monoisotopic (exact) mass is 349 g/mol. The van der Waals surface area contributed by atoms with Gasteiger partial charge in [0.15, 0.2) is 0 Å². The normalized spacial score (nSPS) is 13.3. The highest BCUT2D eigenvalue weighted by molar-refractivity contribution is 7.85. The molecule has 1 atom stereocenters. The van der Waals surface area contributed by atoms with Gasteiger partial charge >= 0.3 is 0 Å². The minimum absolute atomic E-state index is 0.148. The second-order valence-electron chi connectivity index (χ2n) is 6.82. The minimum atomic E-state index is -3.80. The van der Waals surface area contributed by atoms with E-state index in [-0.39, 0.29) is 5.75 Å². The summed E-state index contributed by atoms with van der Waals surface area (Å²) < 4.78 is 29.8. The lowest BCUT2D eigenvalue weighted by atomic mass is 10.0. The van der Waals surface area contributed by atoms with Gasteiger partial charge in [-0.2, -0.15) is 8.42 Å². The molecule has 0 aromatic heterocycles. The second-order valence-corrected chi connectivity index (χ2v) is 8.39. The third-order valence-corrected chi connectivity index (χ3v) is 5.12. The first-order valence-corrected chi connectivity index (χ1v) is 11.2. The molecule has 0 bridgehead atoms. The molecule has 4 nitrogen and oxygen atoms in total. The summed E-state index contributed by atoms with van der Waals surface area (Å²) in [6.45, 7) is 5.05. The Balaban J connectivity index is 3.22. The molecule has 0 heterocycles. The molecule has 0 aromatic rings. The molecule has 2 N–H and O–H groups in total. The molecule has 0 amide bonds. The molecule has 0 rings (SSSR count). The molecule has 0 spiro atoms. The summed E-state index contributed by atoms with van der Waals surface area (Å²) in [7, 11) is -3.80. The van der Waals surface area contributed by atoms with Crippen LogP contribution >= 0.6 is 0 Å². The second kappa shape index (κ2) is 15.4. The summed E-state index contributed by atoms with van der Waals surface area (Å²) in [4.78, 5) is 0. The molecule has 5 heteroatoms. The van der Waals surface area contributed by atoms with E-state index in [0.29, 0.717) is 19.0 Å². The summed E-state index contributed by atoms with van der Waals surface area (Å²) in [5.41, 5.74) is 0. The summed E-state index contributed by atoms with van der Waals surface area (Å²) >= 11 is 0. The van der Waals surface area contributed by atoms with Crippen LogP contribution in [-0.2, 0) is 10.1 Å². The lowest BCUT2D eigenvalue weighted by Gasteiger charge is -2.13. The SMILES string of the molecule is CCCCCCCCCCCCCC(C)NCCCS(=O)(=O)O. The van der Waals surface area contributed by atoms with E-state index in [1.54, 1.807) is 0 Å². The van der Waals surface area contributed by atoms with Crippen molar-refractivity contribution in [1.29, 1.82) is 0 Å². The van der Waals surface area contributed by atoms with E-state index in [4.69, 9.17) is 4.55 Å². The van der Waals surface area contributed by atoms with Crippen molar-refractivity contribution < 1.29 is 13.0 Å². The van der Waals surface area contributed by atoms with Gasteiger partial charge < -0.3 is 5.32 Å². The smallest absolute Gasteiger partial charge is 0.264 e. The maximum Gasteiger partial charge on any atom is 0.264 e. The number of hydrogen-bond acceptors (Lipinski definition) is 3. The Hall–Kier alpha value is -0.130. The van der Waals surface area contributed by atoms with Crippen LogP contribution in [0.25, 0.3) is 0 Å². The van der Waals surface area contributed by atoms with Gasteiger partial charge in [0.2, 0.25) is 0 Å². The lowest BCUT2D eigenvalue weighted by molar-refractivity contribution is 0.463. The van der Waals surface area contributed by atoms with Crippen molar-refractivity contribution >= 4 is 10.1 Å². The molecular weight excluding hydrogens is 310 g/mol. The topological polar surface area (TPSA) is 66.4 Å². The van der Waals surface area contributed by atoms with Crippen LogP contribution in [0.5, 0.6) is 0 Å². The maximum atomic E-state index is 10.6. The van der Waals surface area contributed by atoms with E-state index in [2.05, 4.69) is 19.2 Å². The Bertz CT molecular complexity index is 344. The van der Waals surface area contributed by atoms with Gasteiger partial charge in [0.05, 0.1) is 5.75 Å². The number of hydrogen-bond donors (Lipinski definition) is 2. The van der Waals surface area contributed by atoms with E-state index >= 15 is 0 Å². The summed E-state index contributed by atoms with van der Waals surface area (Å²) in [5.74, 6) is -0.148. The van der Waals surface area contributed by atoms with Crippen molar-refractivity contribution in [3.05, 3.63) is 0 Å². The molecule has 0 radical (unpaired) electrons. The predicted octanol–water partition coefficient (Wildman–Crippen LogP) is 4.94. The van der Waals surface area contributed by atoms with Crippen LogP contribution in [0.15, 0.2) is 0 Å². The first-order valence-electron chi connectivity index (χ1n) is 9.64. The van der Waals surface area contributed by atoms with E-state index in [1.165, 1.54) is 70.6 Å². The van der Waals surface area contributed by atoms with Crippen LogP contribution in [-0.4, -0.2) is 31.3 Å². The van der Waals surface area contributed by atoms with Gasteiger partial charge in [-0.1, -0.05) is 77.6 Å². The Morgan fingerprint density at radius 2 is 1.30 bits per heavy atom. The van der Waals surface area contributed by atoms with Crippen molar-refractivity contribution in [2.45, 2.75) is 103 Å². The Morgan fingerprint density at radius 3 is 1.78 bits per heavy atom. The molecule has 0 aliphatic rings. The zero-order chi connectivity index (χ0) is 17.4. The molecular formula is C18H39NO3S. The number of rotatable bonds is 17. The zero-order valence-corrected chi connectivity index (χ0v) is 16.2. The summed E-state index contributed by atoms with van der Waals surface area (Å²) in [6.07, 6.45) is 16.6. The maximum absolute atomic E-state index is 10.6. The quantitative estimate of drug-likeness (QED) is 0.288. The van der Waals surface area contributed by atoms with Gasteiger partial charge in [-0.3, -0.25) is 4.55 Å². The fraction of sp³-hybridized carbons (Fsp3) is 1.00. The van der Waals surface area contributed by atoms with Crippen LogP contribution in [0.4, 0.5) is 0 Å². The fourth-order valence-electron chi connectivity index (χ4n) is 2.82. The van der Waals surface area contributed by atoms with Crippen molar-refractivity contribution in [3.63, 3.8) is 0 Å². The van der Waals surface area contributed by atoms with Crippen LogP contribution in [0.1, 0.15) is 97.3 Å². The van der Waals surface area contributed by atoms with Gasteiger partial charge in [0.1, 0.15) is 0 Å². The van der Waals surface area contributed by atoms with Crippen molar-refractivity contribution in [2.24, 2.45) is 0 Å². The largest absolute Gasteiger partial charge is 0.314 e. The molecule has 0 aliphatic heterocycles. The van der Waals surface area contributed by atoms with Gasteiger partial charge in [-0.05, 0) is 26.3 Å². The minimum Gasteiger partial charge on any atom is -0.314 e. The zero-order valence-electron chi connectivity index (χ0n) is 15.4. The Morgan fingerprint density at radius 1 is 0.826 bits per heavy atom. The van der Waals surface area contributed by atoms with Gasteiger partial charge in [-0.15, -0.1) is 0 Å². The third-order valence-electron chi connectivity index (χ3n) is 4.31. The van der Waals surface area contributed by atoms with Crippen LogP contribution in [0, 0.1) is 0 Å². The van der Waals surface area contributed by atoms with Crippen molar-refractivity contribution in [3.8, 4) is 0 Å². The van der Waals surface area contributed by atoms with Crippen LogP contribution in [0.2, 0.25) is 0 Å². The predicted molar refractivity (Wildman–Crippen MR) is 99.6 cm³/mol. The number of unbranched alkanes of at least 4 members (excludes halogenated alkanes) is 10. The van der Waals surface area contributed by atoms with E-state index in [1.807, 2.05) is 0 Å². The first kappa shape index (κ1) is 22.9. The standard InChI is InChI=1S/C18H39NO3S/c1-3-4-5-6-7-8-9-10-11-12-13-15-18(2)19-16-14-17-23(20,21)22/h18-19H,3-17H2,1-2H3,(H,20,21,22). The summed E-state index contributed by atoms with van der Waals surface area (Å²) in [5, 5.41) is 3.32. The third kappa shape index (κ3) is 19.8. The highest BCUT2D eigenvalue weighted by Crippen LogP contribution is 2.12. The van der Waals surface area contributed by atoms with Crippen molar-refractivity contribution in [1.82, 2.24) is 5.32 Å². The van der Waals surface area contributed by atoms with Crippen LogP contribution in [0.3, 0.4) is 0 Å². The lowest BCUT2D eigenvalue weighted by Crippen LogP contribution is -2.28. The molecule has 0 fully saturated rings. The van der Waals surface area contributed by atoms with Crippen molar-refractivity contribution in [2.75, 3.05) is 12.3 Å². The Kier molecular flexibility index (Phi) is 15.3. The van der Waals surface area contributed by atoms with E-state index in [9.17, 15) is 8.42 Å². The highest BCUT2D eigenvalue weighted by atomic mass is 32.2. The molecule has 1 unspecified atom stereocenters. The average Bonchev–Trinajstić information content (AvgIpc) is 2.48. The van der Waals surface area contributed by atoms with E-state index < -0.39 is 10.1 Å². The molecule has 0 aliphatic carbocycles. The molecule has 0 aromatic carbocycles. The van der Waals surface area contributed by atoms with E-state index in [0.717, 1.165) is 6.42 Å². The number of nitrogens with one attached hydrogen (secondary N) is 1. The first-order chi connectivity index (χ1) is 11.0. The molecule has 0 saturated heterocycles. The highest BCUT2D eigenvalue weighted by Gasteiger charge is 2.05. The van der Waals surface area contributed by atoms with Gasteiger partial charge in [0, 0.05) is 6.04 Å². The fourth-order valence-corrected chi connectivity index (χ4v) is 3.33. The summed E-state index contributed by atoms with van der Waals surface area (Å²) in [6, 6.07) is 0.426. The Labute approximate surface area is 144 Å². The average molecular weight is 350 g/mol. The van der Waals surface area contributed by atoms with Gasteiger partial charge in [0.25, 0.3) is 10.1 Å². The molecule has 140 valence electrons. The molecule has 23 heavy (non-hydrogen) atoms. The van der Waals surface area contributed by atoms with Gasteiger partial charge in [-0.25, -0.2) is 0 Å². The van der Waals surface area contributed by atoms with Crippen LogP contribution < -0.4 is 5.32 Å².